The molecule has 114 valence electrons. The molecule has 0 aromatic heterocycles. The summed E-state index contributed by atoms with van der Waals surface area (Å²) in [6.45, 7) is 0. The number of β-lactam (4-membered cyclic amide) rings is 1. The molecule has 22 heavy (non-hydrogen) atoms. The van der Waals surface area contributed by atoms with Crippen molar-refractivity contribution in [2.45, 2.75) is 11.8 Å². The molecule has 1 aromatic rings. The van der Waals surface area contributed by atoms with E-state index in [-0.39, 0.29) is 22.1 Å². The van der Waals surface area contributed by atoms with Gasteiger partial charge in [-0.1, -0.05) is 42.1 Å². The van der Waals surface area contributed by atoms with Gasteiger partial charge in [-0.2, -0.15) is 0 Å². The maximum absolute atomic E-state index is 12.1. The van der Waals surface area contributed by atoms with Gasteiger partial charge in [0.2, 0.25) is 11.0 Å². The largest absolute Gasteiger partial charge is 0.477 e. The maximum Gasteiger partial charge on any atom is 0.352 e. The molecule has 1 atom stereocenters. The van der Waals surface area contributed by atoms with E-state index in [1.54, 1.807) is 36.0 Å². The number of hydrogen-bond acceptors (Lipinski definition) is 5. The molecule has 1 unspecified atom stereocenters. The van der Waals surface area contributed by atoms with Crippen molar-refractivity contribution in [1.82, 2.24) is 4.90 Å². The highest BCUT2D eigenvalue weighted by Gasteiger charge is 2.45. The van der Waals surface area contributed by atoms with E-state index in [2.05, 4.69) is 0 Å². The van der Waals surface area contributed by atoms with Crippen molar-refractivity contribution in [3.63, 3.8) is 0 Å². The summed E-state index contributed by atoms with van der Waals surface area (Å²) in [7, 11) is 0. The fraction of sp³-hybridized carbons (Fsp3) is 0.267. The van der Waals surface area contributed by atoms with Crippen LogP contribution in [0.15, 0.2) is 41.6 Å². The zero-order valence-corrected chi connectivity index (χ0v) is 13.2. The molecule has 0 aliphatic carbocycles. The normalized spacial score (nSPS) is 20.5. The predicted molar refractivity (Wildman–Crippen MR) is 85.6 cm³/mol. The van der Waals surface area contributed by atoms with E-state index in [1.807, 2.05) is 6.07 Å². The second-order valence-electron chi connectivity index (χ2n) is 4.93. The van der Waals surface area contributed by atoms with Crippen molar-refractivity contribution in [3.8, 4) is 0 Å². The molecule has 0 spiro atoms. The highest BCUT2D eigenvalue weighted by atomic mass is 32.2. The molecule has 2 heterocycles. The van der Waals surface area contributed by atoms with Crippen LogP contribution in [0.1, 0.15) is 16.8 Å². The molecule has 1 N–H and O–H groups in total. The number of carboxylic acid groups (broad SMARTS) is 1. The van der Waals surface area contributed by atoms with Crippen molar-refractivity contribution >= 4 is 40.5 Å². The quantitative estimate of drug-likeness (QED) is 0.850. The predicted octanol–water partition coefficient (Wildman–Crippen LogP) is 2.20. The molecule has 1 amide bonds. The Labute approximate surface area is 135 Å². The average Bonchev–Trinajstić information content (AvgIpc) is 2.52. The molecule has 2 aliphatic rings. The molecular weight excluding hydrogens is 322 g/mol. The Bertz CT molecular complexity index is 671. The van der Waals surface area contributed by atoms with E-state index < -0.39 is 5.97 Å². The van der Waals surface area contributed by atoms with Crippen molar-refractivity contribution in [1.29, 1.82) is 0 Å². The Balaban J connectivity index is 1.75. The monoisotopic (exact) mass is 335 g/mol. The molecule has 2 aliphatic heterocycles. The van der Waals surface area contributed by atoms with Gasteiger partial charge in [0.1, 0.15) is 5.70 Å². The minimum atomic E-state index is -1.10. The second-order valence-corrected chi connectivity index (χ2v) is 7.05. The highest BCUT2D eigenvalue weighted by Crippen LogP contribution is 2.40. The molecule has 5 nitrogen and oxygen atoms in total. The summed E-state index contributed by atoms with van der Waals surface area (Å²) in [5.74, 6) is -0.420. The van der Waals surface area contributed by atoms with Gasteiger partial charge in [-0.3, -0.25) is 14.5 Å². The Hall–Kier alpha value is -1.73. The lowest BCUT2D eigenvalue weighted by Gasteiger charge is -2.43. The zero-order valence-electron chi connectivity index (χ0n) is 11.5. The number of carboxylic acids is 1. The Kier molecular flexibility index (Phi) is 4.26. The second kappa shape index (κ2) is 6.18. The van der Waals surface area contributed by atoms with Gasteiger partial charge in [0.05, 0.1) is 11.8 Å². The Morgan fingerprint density at radius 2 is 2.05 bits per heavy atom. The maximum atomic E-state index is 12.1. The number of aliphatic carboxylic acids is 1. The first-order valence-electron chi connectivity index (χ1n) is 6.69. The highest BCUT2D eigenvalue weighted by molar-refractivity contribution is 8.14. The SMILES string of the molecule is O=C(O)C1=C(CSC(=O)c2ccccc2)CSC2CC(=O)N12. The molecule has 7 heteroatoms. The minimum absolute atomic E-state index is 0.0582. The van der Waals surface area contributed by atoms with Gasteiger partial charge in [0.15, 0.2) is 0 Å². The summed E-state index contributed by atoms with van der Waals surface area (Å²) in [6, 6.07) is 8.86. The summed E-state index contributed by atoms with van der Waals surface area (Å²) >= 11 is 2.63. The first-order valence-corrected chi connectivity index (χ1v) is 8.72. The van der Waals surface area contributed by atoms with Crippen LogP contribution in [0.3, 0.4) is 0 Å². The molecule has 1 aromatic carbocycles. The summed E-state index contributed by atoms with van der Waals surface area (Å²) in [5.41, 5.74) is 1.29. The van der Waals surface area contributed by atoms with E-state index in [0.717, 1.165) is 11.8 Å². The Morgan fingerprint density at radius 1 is 1.32 bits per heavy atom. The molecular formula is C15H13NO4S2. The van der Waals surface area contributed by atoms with Crippen molar-refractivity contribution in [2.75, 3.05) is 11.5 Å². The van der Waals surface area contributed by atoms with Crippen LogP contribution in [-0.2, 0) is 9.59 Å². The molecule has 0 bridgehead atoms. The van der Waals surface area contributed by atoms with Gasteiger partial charge in [0.25, 0.3) is 0 Å². The van der Waals surface area contributed by atoms with E-state index in [9.17, 15) is 19.5 Å². The van der Waals surface area contributed by atoms with Crippen LogP contribution >= 0.6 is 23.5 Å². The number of thioether (sulfide) groups is 2. The standard InChI is InChI=1S/C15H13NO4S2/c17-11-6-12-16(11)13(14(18)19)10(7-21-12)8-22-15(20)9-4-2-1-3-5-9/h1-5,12H,6-8H2,(H,18,19). The number of amides is 1. The number of carbonyl (C=O) groups is 3. The number of carbonyl (C=O) groups excluding carboxylic acids is 2. The Morgan fingerprint density at radius 3 is 2.68 bits per heavy atom. The number of benzene rings is 1. The third-order valence-electron chi connectivity index (χ3n) is 3.52. The number of nitrogens with zero attached hydrogens (tertiary/aromatic N) is 1. The van der Waals surface area contributed by atoms with Crippen LogP contribution in [0, 0.1) is 0 Å². The van der Waals surface area contributed by atoms with Crippen molar-refractivity contribution in [3.05, 3.63) is 47.2 Å². The fourth-order valence-electron chi connectivity index (χ4n) is 2.40. The molecule has 0 radical (unpaired) electrons. The summed E-state index contributed by atoms with van der Waals surface area (Å²) in [4.78, 5) is 36.5. The number of hydrogen-bond donors (Lipinski definition) is 1. The van der Waals surface area contributed by atoms with Gasteiger partial charge in [-0.15, -0.1) is 11.8 Å². The van der Waals surface area contributed by atoms with Crippen molar-refractivity contribution < 1.29 is 19.5 Å². The van der Waals surface area contributed by atoms with Crippen LogP contribution in [0.5, 0.6) is 0 Å². The van der Waals surface area contributed by atoms with E-state index >= 15 is 0 Å². The van der Waals surface area contributed by atoms with Crippen LogP contribution in [0.25, 0.3) is 0 Å². The third kappa shape index (κ3) is 2.78. The number of rotatable bonds is 4. The van der Waals surface area contributed by atoms with Gasteiger partial charge in [-0.25, -0.2) is 4.79 Å². The average molecular weight is 335 g/mol. The molecule has 1 fully saturated rings. The van der Waals surface area contributed by atoms with Crippen LogP contribution in [0.2, 0.25) is 0 Å². The summed E-state index contributed by atoms with van der Waals surface area (Å²) < 4.78 is 0. The smallest absolute Gasteiger partial charge is 0.352 e. The van der Waals surface area contributed by atoms with E-state index in [0.29, 0.717) is 29.1 Å². The van der Waals surface area contributed by atoms with E-state index in [1.165, 1.54) is 4.90 Å². The molecule has 0 saturated carbocycles. The zero-order chi connectivity index (χ0) is 15.7. The lowest BCUT2D eigenvalue weighted by Crippen LogP contribution is -2.54. The van der Waals surface area contributed by atoms with Crippen LogP contribution in [-0.4, -0.2) is 43.9 Å². The van der Waals surface area contributed by atoms with Crippen LogP contribution < -0.4 is 0 Å². The van der Waals surface area contributed by atoms with Gasteiger partial charge in [0, 0.05) is 17.1 Å². The van der Waals surface area contributed by atoms with E-state index in [4.69, 9.17) is 0 Å². The first-order chi connectivity index (χ1) is 10.6. The van der Waals surface area contributed by atoms with Crippen molar-refractivity contribution in [2.24, 2.45) is 0 Å². The summed E-state index contributed by atoms with van der Waals surface area (Å²) in [5, 5.41) is 9.22. The molecule has 3 rings (SSSR count). The minimum Gasteiger partial charge on any atom is -0.477 e. The van der Waals surface area contributed by atoms with Gasteiger partial charge in [-0.05, 0) is 5.57 Å². The lowest BCUT2D eigenvalue weighted by atomic mass is 10.1. The van der Waals surface area contributed by atoms with Gasteiger partial charge >= 0.3 is 5.97 Å². The third-order valence-corrected chi connectivity index (χ3v) is 5.79. The molecule has 1 saturated heterocycles. The number of fused-ring (bicyclic) bond motifs is 1. The summed E-state index contributed by atoms with van der Waals surface area (Å²) in [6.07, 6.45) is 0.394. The lowest BCUT2D eigenvalue weighted by molar-refractivity contribution is -0.146. The van der Waals surface area contributed by atoms with Crippen LogP contribution in [0.4, 0.5) is 0 Å². The first kappa shape index (κ1) is 15.2. The fourth-order valence-corrected chi connectivity index (χ4v) is 4.64. The van der Waals surface area contributed by atoms with Gasteiger partial charge < -0.3 is 5.11 Å². The topological polar surface area (TPSA) is 74.7 Å².